The molecule has 0 aliphatic rings. The van der Waals surface area contributed by atoms with Crippen LogP contribution in [0.25, 0.3) is 0 Å². The van der Waals surface area contributed by atoms with E-state index in [0.29, 0.717) is 21.5 Å². The Kier molecular flexibility index (Phi) is 6.39. The summed E-state index contributed by atoms with van der Waals surface area (Å²) in [6.07, 6.45) is 0. The van der Waals surface area contributed by atoms with E-state index in [9.17, 15) is 9.59 Å². The third-order valence-electron chi connectivity index (χ3n) is 3.06. The van der Waals surface area contributed by atoms with Crippen molar-refractivity contribution in [3.8, 4) is 11.5 Å². The van der Waals surface area contributed by atoms with E-state index < -0.39 is 11.9 Å². The Labute approximate surface area is 156 Å². The van der Waals surface area contributed by atoms with Gasteiger partial charge in [0, 0.05) is 4.47 Å². The highest BCUT2D eigenvalue weighted by atomic mass is 79.9. The summed E-state index contributed by atoms with van der Waals surface area (Å²) in [5, 5.41) is 0. The molecule has 0 N–H and O–H groups in total. The second-order valence-electron chi connectivity index (χ2n) is 4.81. The Balaban J connectivity index is 1.98. The van der Waals surface area contributed by atoms with E-state index in [4.69, 9.17) is 9.47 Å². The fraction of sp³-hybridized carbons (Fsp3) is 0.176. The predicted octanol–water partition coefficient (Wildman–Crippen LogP) is 4.29. The molecule has 0 bridgehead atoms. The topological polar surface area (TPSA) is 61.8 Å². The van der Waals surface area contributed by atoms with Gasteiger partial charge in [0.15, 0.2) is 6.61 Å². The van der Waals surface area contributed by atoms with Crippen LogP contribution in [-0.4, -0.2) is 25.7 Å². The van der Waals surface area contributed by atoms with Gasteiger partial charge in [-0.05, 0) is 64.8 Å². The van der Waals surface area contributed by atoms with Crippen molar-refractivity contribution in [3.63, 3.8) is 0 Å². The van der Waals surface area contributed by atoms with Gasteiger partial charge in [-0.2, -0.15) is 0 Å². The van der Waals surface area contributed by atoms with Crippen molar-refractivity contribution in [3.05, 3.63) is 56.5 Å². The first-order chi connectivity index (χ1) is 11.4. The quantitative estimate of drug-likeness (QED) is 0.495. The van der Waals surface area contributed by atoms with Crippen molar-refractivity contribution in [2.45, 2.75) is 6.92 Å². The van der Waals surface area contributed by atoms with Gasteiger partial charge in [0.05, 0.1) is 17.1 Å². The SMILES string of the molecule is COC(=O)c1ccc(OC(=O)COc2ccc(Br)cc2C)c(Br)c1. The lowest BCUT2D eigenvalue weighted by atomic mass is 10.2. The number of halogens is 2. The highest BCUT2D eigenvalue weighted by Gasteiger charge is 2.13. The zero-order chi connectivity index (χ0) is 17.7. The standard InChI is InChI=1S/C17H14Br2O5/c1-10-7-12(18)4-6-14(10)23-9-16(20)24-15-5-3-11(8-13(15)19)17(21)22-2/h3-8H,9H2,1-2H3. The number of carbonyl (C=O) groups is 2. The highest BCUT2D eigenvalue weighted by molar-refractivity contribution is 9.10. The largest absolute Gasteiger partial charge is 0.482 e. The average Bonchev–Trinajstić information content (AvgIpc) is 2.55. The number of carbonyl (C=O) groups excluding carboxylic acids is 2. The molecule has 0 aliphatic heterocycles. The van der Waals surface area contributed by atoms with Crippen LogP contribution in [0.2, 0.25) is 0 Å². The van der Waals surface area contributed by atoms with Gasteiger partial charge in [-0.15, -0.1) is 0 Å². The predicted molar refractivity (Wildman–Crippen MR) is 95.5 cm³/mol. The minimum Gasteiger partial charge on any atom is -0.482 e. The molecule has 2 rings (SSSR count). The molecule has 24 heavy (non-hydrogen) atoms. The fourth-order valence-corrected chi connectivity index (χ4v) is 2.83. The third kappa shape index (κ3) is 4.82. The van der Waals surface area contributed by atoms with E-state index in [1.54, 1.807) is 6.07 Å². The van der Waals surface area contributed by atoms with Crippen molar-refractivity contribution < 1.29 is 23.8 Å². The molecule has 0 aromatic heterocycles. The summed E-state index contributed by atoms with van der Waals surface area (Å²) in [5.41, 5.74) is 1.26. The second-order valence-corrected chi connectivity index (χ2v) is 6.58. The van der Waals surface area contributed by atoms with Crippen molar-refractivity contribution in [2.24, 2.45) is 0 Å². The van der Waals surface area contributed by atoms with Crippen LogP contribution >= 0.6 is 31.9 Å². The van der Waals surface area contributed by atoms with E-state index in [2.05, 4.69) is 36.6 Å². The first-order valence-corrected chi connectivity index (χ1v) is 8.47. The van der Waals surface area contributed by atoms with Crippen molar-refractivity contribution in [1.82, 2.24) is 0 Å². The van der Waals surface area contributed by atoms with Gasteiger partial charge in [0.2, 0.25) is 0 Å². The molecule has 126 valence electrons. The highest BCUT2D eigenvalue weighted by Crippen LogP contribution is 2.27. The number of hydrogen-bond donors (Lipinski definition) is 0. The molecule has 0 spiro atoms. The molecule has 0 saturated carbocycles. The van der Waals surface area contributed by atoms with E-state index in [-0.39, 0.29) is 6.61 Å². The maximum Gasteiger partial charge on any atom is 0.349 e. The normalized spacial score (nSPS) is 10.2. The monoisotopic (exact) mass is 456 g/mol. The summed E-state index contributed by atoms with van der Waals surface area (Å²) in [5.74, 6) is -0.120. The Morgan fingerprint density at radius 2 is 1.75 bits per heavy atom. The Morgan fingerprint density at radius 1 is 1.04 bits per heavy atom. The molecular weight excluding hydrogens is 444 g/mol. The summed E-state index contributed by atoms with van der Waals surface area (Å²) < 4.78 is 16.7. The van der Waals surface area contributed by atoms with Crippen molar-refractivity contribution >= 4 is 43.8 Å². The molecule has 0 unspecified atom stereocenters. The fourth-order valence-electron chi connectivity index (χ4n) is 1.89. The molecule has 7 heteroatoms. The zero-order valence-corrected chi connectivity index (χ0v) is 16.1. The lowest BCUT2D eigenvalue weighted by molar-refractivity contribution is -0.136. The lowest BCUT2D eigenvalue weighted by Crippen LogP contribution is -2.18. The number of esters is 2. The van der Waals surface area contributed by atoms with Gasteiger partial charge >= 0.3 is 11.9 Å². The van der Waals surface area contributed by atoms with E-state index in [1.807, 2.05) is 19.1 Å². The summed E-state index contributed by atoms with van der Waals surface area (Å²) in [6, 6.07) is 10.0. The Bertz CT molecular complexity index is 774. The van der Waals surface area contributed by atoms with Gasteiger partial charge in [0.25, 0.3) is 0 Å². The Morgan fingerprint density at radius 3 is 2.38 bits per heavy atom. The summed E-state index contributed by atoms with van der Waals surface area (Å²) in [6.45, 7) is 1.65. The maximum absolute atomic E-state index is 11.9. The smallest absolute Gasteiger partial charge is 0.349 e. The number of aryl methyl sites for hydroxylation is 1. The van der Waals surface area contributed by atoms with Crippen LogP contribution in [0.3, 0.4) is 0 Å². The summed E-state index contributed by atoms with van der Waals surface area (Å²) in [7, 11) is 1.30. The number of ether oxygens (including phenoxy) is 3. The van der Waals surface area contributed by atoms with Crippen molar-refractivity contribution in [2.75, 3.05) is 13.7 Å². The van der Waals surface area contributed by atoms with Crippen LogP contribution in [0.5, 0.6) is 11.5 Å². The molecule has 0 heterocycles. The molecule has 2 aromatic rings. The number of rotatable bonds is 5. The van der Waals surface area contributed by atoms with E-state index in [0.717, 1.165) is 10.0 Å². The number of hydrogen-bond acceptors (Lipinski definition) is 5. The maximum atomic E-state index is 11.9. The van der Waals surface area contributed by atoms with Crippen LogP contribution in [0.1, 0.15) is 15.9 Å². The molecule has 2 aromatic carbocycles. The van der Waals surface area contributed by atoms with E-state index in [1.165, 1.54) is 25.3 Å². The van der Waals surface area contributed by atoms with Crippen LogP contribution in [-0.2, 0) is 9.53 Å². The molecular formula is C17H14Br2O5. The minimum absolute atomic E-state index is 0.229. The second kappa shape index (κ2) is 8.30. The molecule has 0 fully saturated rings. The summed E-state index contributed by atoms with van der Waals surface area (Å²) in [4.78, 5) is 23.4. The first-order valence-electron chi connectivity index (χ1n) is 6.88. The van der Waals surface area contributed by atoms with Gasteiger partial charge in [0.1, 0.15) is 11.5 Å². The van der Waals surface area contributed by atoms with Crippen molar-refractivity contribution in [1.29, 1.82) is 0 Å². The van der Waals surface area contributed by atoms with Crippen LogP contribution in [0.4, 0.5) is 0 Å². The molecule has 0 aliphatic carbocycles. The number of benzene rings is 2. The minimum atomic E-state index is -0.552. The van der Waals surface area contributed by atoms with Gasteiger partial charge in [-0.25, -0.2) is 9.59 Å². The molecule has 0 radical (unpaired) electrons. The van der Waals surface area contributed by atoms with Gasteiger partial charge in [-0.3, -0.25) is 0 Å². The first kappa shape index (κ1) is 18.5. The Hall–Kier alpha value is -1.86. The lowest BCUT2D eigenvalue weighted by Gasteiger charge is -2.10. The molecule has 0 amide bonds. The van der Waals surface area contributed by atoms with Crippen LogP contribution in [0, 0.1) is 6.92 Å². The van der Waals surface area contributed by atoms with Crippen LogP contribution < -0.4 is 9.47 Å². The van der Waals surface area contributed by atoms with E-state index >= 15 is 0 Å². The number of methoxy groups -OCH3 is 1. The zero-order valence-electron chi connectivity index (χ0n) is 13.0. The third-order valence-corrected chi connectivity index (χ3v) is 4.17. The van der Waals surface area contributed by atoms with Crippen LogP contribution in [0.15, 0.2) is 45.3 Å². The van der Waals surface area contributed by atoms with Gasteiger partial charge in [-0.1, -0.05) is 15.9 Å². The molecule has 5 nitrogen and oxygen atoms in total. The van der Waals surface area contributed by atoms with Gasteiger partial charge < -0.3 is 14.2 Å². The molecule has 0 saturated heterocycles. The summed E-state index contributed by atoms with van der Waals surface area (Å²) >= 11 is 6.62. The molecule has 0 atom stereocenters. The average molecular weight is 458 g/mol.